The Bertz CT molecular complexity index is 1610. The number of hydrogen-bond acceptors (Lipinski definition) is 4. The first-order valence-electron chi connectivity index (χ1n) is 13.2. The molecule has 11 heteroatoms. The van der Waals surface area contributed by atoms with E-state index in [4.69, 9.17) is 9.47 Å². The number of cyclic esters (lactones) is 1. The molecule has 1 aliphatic heterocycles. The molecule has 8 nitrogen and oxygen atoms in total. The van der Waals surface area contributed by atoms with Crippen molar-refractivity contribution < 1.29 is 32.2 Å². The summed E-state index contributed by atoms with van der Waals surface area (Å²) in [5.74, 6) is -0.818. The molecule has 214 valence electrons. The summed E-state index contributed by atoms with van der Waals surface area (Å²) < 4.78 is 52.6. The highest BCUT2D eigenvalue weighted by Gasteiger charge is 2.31. The molecule has 1 atom stereocenters. The number of H-pyrrole nitrogens is 1. The normalized spacial score (nSPS) is 15.3. The number of halogens is 3. The molecule has 2 heterocycles. The molecular formula is C30H29F3N4O4. The molecule has 1 aliphatic rings. The van der Waals surface area contributed by atoms with Gasteiger partial charge in [-0.3, -0.25) is 9.69 Å². The molecule has 4 aromatic rings. The number of aromatic nitrogens is 2. The molecule has 3 aromatic carbocycles. The Balaban J connectivity index is 1.46. The number of amides is 2. The van der Waals surface area contributed by atoms with Crippen LogP contribution < -0.4 is 10.5 Å². The summed E-state index contributed by atoms with van der Waals surface area (Å²) in [6.45, 7) is 4.15. The van der Waals surface area contributed by atoms with Gasteiger partial charge in [0.2, 0.25) is 5.62 Å². The van der Waals surface area contributed by atoms with Gasteiger partial charge in [0.15, 0.2) is 0 Å². The van der Waals surface area contributed by atoms with Gasteiger partial charge in [-0.1, -0.05) is 43.3 Å². The van der Waals surface area contributed by atoms with Gasteiger partial charge in [-0.15, -0.1) is 0 Å². The molecule has 5 rings (SSSR count). The van der Waals surface area contributed by atoms with Gasteiger partial charge in [-0.25, -0.2) is 4.79 Å². The van der Waals surface area contributed by atoms with Gasteiger partial charge in [-0.05, 0) is 54.3 Å². The number of carbonyl (C=O) groups excluding carboxylic acids is 2. The summed E-state index contributed by atoms with van der Waals surface area (Å²) in [6.07, 6.45) is -4.33. The second-order valence-corrected chi connectivity index (χ2v) is 9.98. The van der Waals surface area contributed by atoms with Gasteiger partial charge in [0, 0.05) is 24.3 Å². The van der Waals surface area contributed by atoms with Crippen LogP contribution in [0.1, 0.15) is 34.8 Å². The predicted octanol–water partition coefficient (Wildman–Crippen LogP) is 5.93. The summed E-state index contributed by atoms with van der Waals surface area (Å²) in [4.78, 5) is 34.2. The molecular weight excluding hydrogens is 537 g/mol. The first kappa shape index (κ1) is 28.2. The molecule has 1 saturated heterocycles. The largest absolute Gasteiger partial charge is 0.449 e. The van der Waals surface area contributed by atoms with Crippen molar-refractivity contribution in [2.45, 2.75) is 32.7 Å². The van der Waals surface area contributed by atoms with Crippen molar-refractivity contribution in [3.8, 4) is 0 Å². The highest BCUT2D eigenvalue weighted by atomic mass is 19.4. The van der Waals surface area contributed by atoms with E-state index < -0.39 is 23.7 Å². The first-order valence-corrected chi connectivity index (χ1v) is 13.2. The first-order chi connectivity index (χ1) is 19.7. The van der Waals surface area contributed by atoms with Gasteiger partial charge >= 0.3 is 12.3 Å². The van der Waals surface area contributed by atoms with Crippen LogP contribution >= 0.6 is 0 Å². The summed E-state index contributed by atoms with van der Waals surface area (Å²) in [6, 6.07) is 19.3. The Morgan fingerprint density at radius 3 is 2.66 bits per heavy atom. The molecule has 0 bridgehead atoms. The highest BCUT2D eigenvalue weighted by molar-refractivity contribution is 5.95. The van der Waals surface area contributed by atoms with Crippen LogP contribution in [0.4, 0.5) is 23.7 Å². The van der Waals surface area contributed by atoms with Gasteiger partial charge < -0.3 is 19.0 Å². The van der Waals surface area contributed by atoms with Gasteiger partial charge in [0.25, 0.3) is 5.91 Å². The van der Waals surface area contributed by atoms with Crippen molar-refractivity contribution in [2.75, 3.05) is 24.7 Å². The monoisotopic (exact) mass is 566 g/mol. The smallest absolute Gasteiger partial charge is 0.416 e. The molecule has 1 fully saturated rings. The van der Waals surface area contributed by atoms with Crippen LogP contribution in [-0.4, -0.2) is 41.3 Å². The number of rotatable bonds is 8. The molecule has 2 amide bonds. The van der Waals surface area contributed by atoms with Crippen molar-refractivity contribution in [3.05, 3.63) is 95.1 Å². The second-order valence-electron chi connectivity index (χ2n) is 9.98. The molecule has 0 saturated carbocycles. The number of carbonyl (C=O) groups is 2. The third-order valence-electron chi connectivity index (χ3n) is 6.71. The van der Waals surface area contributed by atoms with E-state index in [1.165, 1.54) is 17.0 Å². The fraction of sp³-hybridized carbons (Fsp3) is 0.300. The summed E-state index contributed by atoms with van der Waals surface area (Å²) in [7, 11) is 0. The van der Waals surface area contributed by atoms with Crippen molar-refractivity contribution in [1.29, 1.82) is 0 Å². The Morgan fingerprint density at radius 1 is 1.10 bits per heavy atom. The van der Waals surface area contributed by atoms with E-state index in [1.807, 2.05) is 43.3 Å². The Hall–Kier alpha value is -4.38. The lowest BCUT2D eigenvalue weighted by Crippen LogP contribution is -2.37. The standard InChI is InChI=1S/C30H29F3N4O4/c1-20(18-40-19-21-7-3-2-4-8-21)17-37-26-12-11-24(36-13-6-14-41-29(36)39)16-25(26)34-28(37)35-27(38)22-9-5-10-23(15-22)30(31,32)33/h2-5,7-12,15-16,20H,6,13-14,17-19H2,1H3,(H,34,35,38)/t20-/m0/s1. The molecule has 1 aromatic heterocycles. The summed E-state index contributed by atoms with van der Waals surface area (Å²) >= 11 is 0. The number of ether oxygens (including phenoxy) is 2. The number of nitrogens with one attached hydrogen (secondary N) is 1. The third-order valence-corrected chi connectivity index (χ3v) is 6.71. The molecule has 0 aliphatic carbocycles. The number of hydrogen-bond donors (Lipinski definition) is 1. The topological polar surface area (TPSA) is 88.9 Å². The lowest BCUT2D eigenvalue weighted by atomic mass is 10.1. The molecule has 0 spiro atoms. The molecule has 0 radical (unpaired) electrons. The van der Waals surface area contributed by atoms with E-state index in [0.29, 0.717) is 56.1 Å². The minimum Gasteiger partial charge on any atom is -0.449 e. The Morgan fingerprint density at radius 2 is 1.90 bits per heavy atom. The number of imidazole rings is 1. The fourth-order valence-electron chi connectivity index (χ4n) is 4.69. The van der Waals surface area contributed by atoms with E-state index >= 15 is 0 Å². The van der Waals surface area contributed by atoms with Gasteiger partial charge in [-0.2, -0.15) is 18.2 Å². The SMILES string of the molecule is C[C@H](COCc1ccccc1)Cn1/c(=N/C(=O)c2cccc(C(F)(F)F)c2)[nH]c2cc(N3CCCOC3=O)ccc21. The number of benzene rings is 3. The Kier molecular flexibility index (Phi) is 8.25. The van der Waals surface area contributed by atoms with Crippen LogP contribution in [0.25, 0.3) is 11.0 Å². The van der Waals surface area contributed by atoms with E-state index in [0.717, 1.165) is 17.7 Å². The third kappa shape index (κ3) is 6.68. The van der Waals surface area contributed by atoms with Crippen molar-refractivity contribution >= 4 is 28.7 Å². The summed E-state index contributed by atoms with van der Waals surface area (Å²) in [5, 5.41) is 0. The lowest BCUT2D eigenvalue weighted by Gasteiger charge is -2.26. The van der Waals surface area contributed by atoms with E-state index in [2.05, 4.69) is 9.98 Å². The maximum atomic E-state index is 13.2. The zero-order chi connectivity index (χ0) is 29.0. The lowest BCUT2D eigenvalue weighted by molar-refractivity contribution is -0.137. The second kappa shape index (κ2) is 12.0. The van der Waals surface area contributed by atoms with Crippen LogP contribution in [-0.2, 0) is 28.8 Å². The predicted molar refractivity (Wildman–Crippen MR) is 146 cm³/mol. The average Bonchev–Trinajstić information content (AvgIpc) is 3.29. The highest BCUT2D eigenvalue weighted by Crippen LogP contribution is 2.29. The Labute approximate surface area is 234 Å². The van der Waals surface area contributed by atoms with Crippen LogP contribution in [0.2, 0.25) is 0 Å². The average molecular weight is 567 g/mol. The number of alkyl halides is 3. The van der Waals surface area contributed by atoms with Crippen LogP contribution in [0, 0.1) is 5.92 Å². The van der Waals surface area contributed by atoms with Crippen LogP contribution in [0.5, 0.6) is 0 Å². The number of nitrogens with zero attached hydrogens (tertiary/aromatic N) is 3. The number of anilines is 1. The van der Waals surface area contributed by atoms with E-state index in [-0.39, 0.29) is 17.1 Å². The van der Waals surface area contributed by atoms with E-state index in [1.54, 1.807) is 16.7 Å². The van der Waals surface area contributed by atoms with Crippen molar-refractivity contribution in [1.82, 2.24) is 9.55 Å². The zero-order valence-electron chi connectivity index (χ0n) is 22.4. The van der Waals surface area contributed by atoms with Crippen LogP contribution in [0.15, 0.2) is 77.8 Å². The number of aromatic amines is 1. The minimum absolute atomic E-state index is 0.00271. The quantitative estimate of drug-likeness (QED) is 0.286. The van der Waals surface area contributed by atoms with Gasteiger partial charge in [0.05, 0.1) is 36.4 Å². The maximum absolute atomic E-state index is 13.2. The van der Waals surface area contributed by atoms with Crippen molar-refractivity contribution in [3.63, 3.8) is 0 Å². The fourth-order valence-corrected chi connectivity index (χ4v) is 4.69. The van der Waals surface area contributed by atoms with Crippen LogP contribution in [0.3, 0.4) is 0 Å². The minimum atomic E-state index is -4.58. The molecule has 41 heavy (non-hydrogen) atoms. The number of fused-ring (bicyclic) bond motifs is 1. The van der Waals surface area contributed by atoms with Crippen molar-refractivity contribution in [2.24, 2.45) is 10.9 Å². The zero-order valence-corrected chi connectivity index (χ0v) is 22.4. The molecule has 1 N–H and O–H groups in total. The molecule has 0 unspecified atom stereocenters. The van der Waals surface area contributed by atoms with E-state index in [9.17, 15) is 22.8 Å². The summed E-state index contributed by atoms with van der Waals surface area (Å²) in [5.41, 5.74) is 2.05. The maximum Gasteiger partial charge on any atom is 0.416 e. The van der Waals surface area contributed by atoms with Gasteiger partial charge in [0.1, 0.15) is 0 Å².